The van der Waals surface area contributed by atoms with E-state index in [-0.39, 0.29) is 6.04 Å². The number of allylic oxidation sites excluding steroid dienone is 1. The molecular weight excluding hydrogens is 160 g/mol. The number of nitrogens with zero attached hydrogens (tertiary/aromatic N) is 2. The molecule has 1 aliphatic heterocycles. The van der Waals surface area contributed by atoms with E-state index in [1.165, 1.54) is 4.90 Å². The lowest BCUT2D eigenvalue weighted by atomic mass is 10.1. The van der Waals surface area contributed by atoms with E-state index in [1.807, 2.05) is 12.1 Å². The summed E-state index contributed by atoms with van der Waals surface area (Å²) in [6, 6.07) is 3.62. The van der Waals surface area contributed by atoms with Crippen molar-refractivity contribution in [2.75, 3.05) is 6.98 Å². The highest BCUT2D eigenvalue weighted by atomic mass is 15.2. The third-order valence-electron chi connectivity index (χ3n) is 2.43. The Bertz CT molecular complexity index is 386. The van der Waals surface area contributed by atoms with Gasteiger partial charge in [0.1, 0.15) is 0 Å². The second-order valence-corrected chi connectivity index (χ2v) is 3.28. The summed E-state index contributed by atoms with van der Waals surface area (Å²) in [6.45, 7) is 1.71. The molecule has 0 spiro atoms. The van der Waals surface area contributed by atoms with Crippen molar-refractivity contribution in [3.05, 3.63) is 42.4 Å². The summed E-state index contributed by atoms with van der Waals surface area (Å²) in [5.41, 5.74) is 1.63. The van der Waals surface area contributed by atoms with Gasteiger partial charge in [0.25, 0.3) is 0 Å². The summed E-state index contributed by atoms with van der Waals surface area (Å²) >= 11 is 0. The smallest absolute Gasteiger partial charge is 0.0554 e. The largest absolute Gasteiger partial charge is 0.371 e. The summed E-state index contributed by atoms with van der Waals surface area (Å²) in [4.78, 5) is 5.47. The summed E-state index contributed by atoms with van der Waals surface area (Å²) < 4.78 is 22.6. The molecule has 0 bridgehead atoms. The first-order valence-electron chi connectivity index (χ1n) is 5.87. The van der Waals surface area contributed by atoms with Crippen LogP contribution in [0, 0.1) is 0 Å². The van der Waals surface area contributed by atoms with E-state index in [4.69, 9.17) is 4.11 Å². The number of hydrogen-bond donors (Lipinski definition) is 0. The van der Waals surface area contributed by atoms with E-state index in [2.05, 4.69) is 11.6 Å². The minimum Gasteiger partial charge on any atom is -0.371 e. The first-order valence-corrected chi connectivity index (χ1v) is 4.37. The average molecular weight is 177 g/mol. The maximum absolute atomic E-state index is 7.52. The zero-order valence-corrected chi connectivity index (χ0v) is 7.40. The van der Waals surface area contributed by atoms with Crippen LogP contribution in [0.5, 0.6) is 0 Å². The van der Waals surface area contributed by atoms with Crippen LogP contribution in [0.2, 0.25) is 0 Å². The van der Waals surface area contributed by atoms with E-state index >= 15 is 0 Å². The zero-order valence-electron chi connectivity index (χ0n) is 10.4. The van der Waals surface area contributed by atoms with E-state index < -0.39 is 6.98 Å². The molecule has 0 radical (unpaired) electrons. The Kier molecular flexibility index (Phi) is 1.34. The van der Waals surface area contributed by atoms with Gasteiger partial charge in [0, 0.05) is 29.2 Å². The van der Waals surface area contributed by atoms with Crippen LogP contribution in [0.4, 0.5) is 0 Å². The summed E-state index contributed by atoms with van der Waals surface area (Å²) in [5, 5.41) is 0. The molecule has 1 saturated heterocycles. The van der Waals surface area contributed by atoms with Crippen molar-refractivity contribution in [1.82, 2.24) is 9.88 Å². The zero-order chi connectivity index (χ0) is 11.8. The van der Waals surface area contributed by atoms with Crippen molar-refractivity contribution in [1.29, 1.82) is 0 Å². The average Bonchev–Trinajstić information content (AvgIpc) is 2.61. The summed E-state index contributed by atoms with van der Waals surface area (Å²) in [6.07, 6.45) is 4.94. The number of rotatable bonds is 1. The van der Waals surface area contributed by atoms with Gasteiger partial charge >= 0.3 is 0 Å². The van der Waals surface area contributed by atoms with Gasteiger partial charge in [-0.3, -0.25) is 4.98 Å². The standard InChI is InChI=1S/C11H14N2/c1-9-5-6-11(13(9)2)10-4-3-7-12-8-10/h3-4,7-8,11H,1,5-6H2,2H3/i2D3. The predicted octanol–water partition coefficient (Wildman–Crippen LogP) is 2.36. The predicted molar refractivity (Wildman–Crippen MR) is 53.1 cm³/mol. The minimum atomic E-state index is -2.12. The lowest BCUT2D eigenvalue weighted by molar-refractivity contribution is 0.361. The molecule has 2 heterocycles. The Morgan fingerprint density at radius 3 is 3.38 bits per heavy atom. The van der Waals surface area contributed by atoms with E-state index in [9.17, 15) is 0 Å². The lowest BCUT2D eigenvalue weighted by Crippen LogP contribution is -2.15. The van der Waals surface area contributed by atoms with Crippen LogP contribution in [0.3, 0.4) is 0 Å². The van der Waals surface area contributed by atoms with Crippen LogP contribution >= 0.6 is 0 Å². The fraction of sp³-hybridized carbons (Fsp3) is 0.364. The molecule has 1 aromatic heterocycles. The monoisotopic (exact) mass is 177 g/mol. The van der Waals surface area contributed by atoms with Gasteiger partial charge in [-0.1, -0.05) is 12.6 Å². The molecule has 68 valence electrons. The molecule has 1 unspecified atom stereocenters. The van der Waals surface area contributed by atoms with Crippen molar-refractivity contribution in [2.24, 2.45) is 0 Å². The molecule has 1 aromatic rings. The molecule has 2 rings (SSSR count). The van der Waals surface area contributed by atoms with Crippen molar-refractivity contribution in [3.63, 3.8) is 0 Å². The van der Waals surface area contributed by atoms with Gasteiger partial charge in [0.15, 0.2) is 0 Å². The highest BCUT2D eigenvalue weighted by molar-refractivity contribution is 5.19. The molecule has 0 amide bonds. The molecule has 2 nitrogen and oxygen atoms in total. The van der Waals surface area contributed by atoms with Gasteiger partial charge in [-0.15, -0.1) is 0 Å². The first-order chi connectivity index (χ1) is 7.50. The fourth-order valence-electron chi connectivity index (χ4n) is 1.66. The van der Waals surface area contributed by atoms with Gasteiger partial charge in [-0.2, -0.15) is 0 Å². The highest BCUT2D eigenvalue weighted by Crippen LogP contribution is 2.35. The molecule has 1 atom stereocenters. The number of pyridine rings is 1. The van der Waals surface area contributed by atoms with Gasteiger partial charge in [0.2, 0.25) is 0 Å². The molecule has 13 heavy (non-hydrogen) atoms. The second kappa shape index (κ2) is 3.21. The normalized spacial score (nSPS) is 26.8. The van der Waals surface area contributed by atoms with E-state index in [0.29, 0.717) is 5.70 Å². The third-order valence-corrected chi connectivity index (χ3v) is 2.43. The van der Waals surface area contributed by atoms with Gasteiger partial charge < -0.3 is 4.90 Å². The van der Waals surface area contributed by atoms with Crippen molar-refractivity contribution >= 4 is 0 Å². The Balaban J connectivity index is 2.32. The number of aromatic nitrogens is 1. The molecule has 0 aromatic carbocycles. The molecule has 0 saturated carbocycles. The van der Waals surface area contributed by atoms with Crippen molar-refractivity contribution in [3.8, 4) is 0 Å². The first kappa shape index (κ1) is 5.43. The van der Waals surface area contributed by atoms with Crippen LogP contribution in [0.15, 0.2) is 36.8 Å². The molecule has 1 fully saturated rings. The topological polar surface area (TPSA) is 16.1 Å². The van der Waals surface area contributed by atoms with Crippen molar-refractivity contribution in [2.45, 2.75) is 18.9 Å². The highest BCUT2D eigenvalue weighted by Gasteiger charge is 2.24. The molecule has 0 N–H and O–H groups in total. The number of hydrogen-bond acceptors (Lipinski definition) is 2. The number of likely N-dealkylation sites (tertiary alicyclic amines) is 1. The quantitative estimate of drug-likeness (QED) is 0.654. The molecule has 1 aliphatic rings. The molecule has 2 heteroatoms. The Labute approximate surface area is 83.1 Å². The third kappa shape index (κ3) is 1.44. The van der Waals surface area contributed by atoms with Crippen LogP contribution in [0.1, 0.15) is 28.6 Å². The summed E-state index contributed by atoms with van der Waals surface area (Å²) in [7, 11) is 0. The van der Waals surface area contributed by atoms with E-state index in [0.717, 1.165) is 18.4 Å². The second-order valence-electron chi connectivity index (χ2n) is 3.28. The van der Waals surface area contributed by atoms with Crippen LogP contribution in [0.25, 0.3) is 0 Å². The van der Waals surface area contributed by atoms with Crippen LogP contribution < -0.4 is 0 Å². The van der Waals surface area contributed by atoms with Crippen LogP contribution in [-0.2, 0) is 0 Å². The maximum Gasteiger partial charge on any atom is 0.0554 e. The van der Waals surface area contributed by atoms with Crippen molar-refractivity contribution < 1.29 is 4.11 Å². The van der Waals surface area contributed by atoms with E-state index in [1.54, 1.807) is 12.4 Å². The molecular formula is C11H14N2. The lowest BCUT2D eigenvalue weighted by Gasteiger charge is -2.22. The fourth-order valence-corrected chi connectivity index (χ4v) is 1.66. The Hall–Kier alpha value is -1.31. The Morgan fingerprint density at radius 2 is 2.69 bits per heavy atom. The van der Waals surface area contributed by atoms with Crippen LogP contribution in [-0.4, -0.2) is 16.9 Å². The van der Waals surface area contributed by atoms with Gasteiger partial charge in [-0.05, 0) is 24.5 Å². The van der Waals surface area contributed by atoms with Gasteiger partial charge in [-0.25, -0.2) is 0 Å². The van der Waals surface area contributed by atoms with Gasteiger partial charge in [0.05, 0.1) is 6.04 Å². The molecule has 0 aliphatic carbocycles. The summed E-state index contributed by atoms with van der Waals surface area (Å²) in [5.74, 6) is 0. The Morgan fingerprint density at radius 1 is 1.77 bits per heavy atom. The maximum atomic E-state index is 7.52. The minimum absolute atomic E-state index is 0.117. The SMILES string of the molecule is [2H]C([2H])([2H])N1C(=C)CCC1c1cccnc1.